The van der Waals surface area contributed by atoms with E-state index in [-0.39, 0.29) is 36.0 Å². The van der Waals surface area contributed by atoms with Crippen LogP contribution < -0.4 is 4.74 Å². The zero-order valence-corrected chi connectivity index (χ0v) is 14.8. The van der Waals surface area contributed by atoms with Gasteiger partial charge in [0.15, 0.2) is 16.4 Å². The number of rotatable bonds is 6. The lowest BCUT2D eigenvalue weighted by Gasteiger charge is -2.29. The Bertz CT molecular complexity index is 737. The first-order chi connectivity index (χ1) is 11.3. The molecule has 0 radical (unpaired) electrons. The highest BCUT2D eigenvalue weighted by Gasteiger charge is 2.34. The molecule has 24 heavy (non-hydrogen) atoms. The topological polar surface area (TPSA) is 87.5 Å². The molecule has 0 aromatic heterocycles. The molecule has 1 fully saturated rings. The van der Waals surface area contributed by atoms with Crippen LogP contribution in [0.15, 0.2) is 24.3 Å². The Kier molecular flexibility index (Phi) is 5.84. The van der Waals surface area contributed by atoms with Gasteiger partial charge < -0.3 is 9.64 Å². The van der Waals surface area contributed by atoms with Gasteiger partial charge in [0.05, 0.1) is 23.1 Å². The van der Waals surface area contributed by atoms with E-state index in [9.17, 15) is 13.2 Å². The van der Waals surface area contributed by atoms with E-state index in [1.807, 2.05) is 19.9 Å². The largest absolute Gasteiger partial charge is 0.484 e. The fourth-order valence-electron chi connectivity index (χ4n) is 2.75. The van der Waals surface area contributed by atoms with Gasteiger partial charge in [-0.2, -0.15) is 5.26 Å². The second-order valence-electron chi connectivity index (χ2n) is 6.43. The maximum Gasteiger partial charge on any atom is 0.260 e. The first-order valence-electron chi connectivity index (χ1n) is 7.93. The molecule has 0 aliphatic carbocycles. The third-order valence-electron chi connectivity index (χ3n) is 3.86. The van der Waals surface area contributed by atoms with Gasteiger partial charge in [-0.1, -0.05) is 19.9 Å². The summed E-state index contributed by atoms with van der Waals surface area (Å²) in [5.41, 5.74) is 0.459. The molecule has 0 bridgehead atoms. The Hall–Kier alpha value is -2.07. The van der Waals surface area contributed by atoms with Crippen molar-refractivity contribution in [2.75, 3.05) is 24.7 Å². The van der Waals surface area contributed by atoms with Crippen LogP contribution in [0.25, 0.3) is 0 Å². The van der Waals surface area contributed by atoms with Gasteiger partial charge in [-0.05, 0) is 30.5 Å². The Balaban J connectivity index is 2.03. The summed E-state index contributed by atoms with van der Waals surface area (Å²) in [6.07, 6.45) is 0.477. The lowest BCUT2D eigenvalue weighted by molar-refractivity contribution is -0.135. The number of carbonyl (C=O) groups excluding carboxylic acids is 1. The molecule has 2 rings (SSSR count). The molecule has 1 saturated heterocycles. The van der Waals surface area contributed by atoms with Gasteiger partial charge >= 0.3 is 0 Å². The number of hydrogen-bond acceptors (Lipinski definition) is 5. The number of benzene rings is 1. The molecule has 7 heteroatoms. The van der Waals surface area contributed by atoms with E-state index in [4.69, 9.17) is 10.00 Å². The van der Waals surface area contributed by atoms with Crippen LogP contribution >= 0.6 is 0 Å². The van der Waals surface area contributed by atoms with Crippen molar-refractivity contribution in [1.82, 2.24) is 4.90 Å². The van der Waals surface area contributed by atoms with Gasteiger partial charge in [-0.25, -0.2) is 8.42 Å². The molecule has 1 heterocycles. The summed E-state index contributed by atoms with van der Waals surface area (Å²) in [5, 5.41) is 8.88. The van der Waals surface area contributed by atoms with Gasteiger partial charge in [0.2, 0.25) is 0 Å². The van der Waals surface area contributed by atoms with Gasteiger partial charge in [-0.3, -0.25) is 4.79 Å². The summed E-state index contributed by atoms with van der Waals surface area (Å²) >= 11 is 0. The summed E-state index contributed by atoms with van der Waals surface area (Å²) in [6.45, 7) is 4.31. The second-order valence-corrected chi connectivity index (χ2v) is 8.65. The second kappa shape index (κ2) is 7.67. The molecule has 1 aromatic carbocycles. The van der Waals surface area contributed by atoms with Crippen LogP contribution in [0.5, 0.6) is 5.75 Å². The zero-order chi connectivity index (χ0) is 17.7. The molecule has 1 atom stereocenters. The Morgan fingerprint density at radius 2 is 2.21 bits per heavy atom. The Morgan fingerprint density at radius 1 is 1.46 bits per heavy atom. The van der Waals surface area contributed by atoms with Crippen molar-refractivity contribution in [3.63, 3.8) is 0 Å². The fraction of sp³-hybridized carbons (Fsp3) is 0.529. The van der Waals surface area contributed by atoms with E-state index in [0.29, 0.717) is 24.3 Å². The lowest BCUT2D eigenvalue weighted by atomic mass is 10.1. The van der Waals surface area contributed by atoms with Gasteiger partial charge in [0, 0.05) is 12.6 Å². The molecular formula is C17H22N2O4S. The van der Waals surface area contributed by atoms with Crippen molar-refractivity contribution in [3.8, 4) is 11.8 Å². The lowest BCUT2D eigenvalue weighted by Crippen LogP contribution is -2.45. The van der Waals surface area contributed by atoms with Crippen molar-refractivity contribution < 1.29 is 17.9 Å². The monoisotopic (exact) mass is 350 g/mol. The molecule has 0 N–H and O–H groups in total. The molecule has 6 nitrogen and oxygen atoms in total. The summed E-state index contributed by atoms with van der Waals surface area (Å²) in [7, 11) is -3.06. The third-order valence-corrected chi connectivity index (χ3v) is 5.61. The molecule has 1 aliphatic rings. The number of ether oxygens (including phenoxy) is 1. The summed E-state index contributed by atoms with van der Waals surface area (Å²) in [6, 6.07) is 8.33. The normalized spacial score (nSPS) is 19.0. The standard InChI is InChI=1S/C17H22N2O4S/c1-13(2)10-19(15-6-7-24(21,22)12-15)17(20)11-23-16-5-3-4-14(8-16)9-18/h3-5,8,13,15H,6-7,10-12H2,1-2H3/t15-/m1/s1. The summed E-state index contributed by atoms with van der Waals surface area (Å²) in [4.78, 5) is 14.2. The smallest absolute Gasteiger partial charge is 0.260 e. The minimum absolute atomic E-state index is 0.0232. The molecule has 130 valence electrons. The van der Waals surface area contributed by atoms with E-state index in [1.165, 1.54) is 0 Å². The fourth-order valence-corrected chi connectivity index (χ4v) is 4.48. The highest BCUT2D eigenvalue weighted by molar-refractivity contribution is 7.91. The van der Waals surface area contributed by atoms with E-state index < -0.39 is 9.84 Å². The Morgan fingerprint density at radius 3 is 2.79 bits per heavy atom. The SMILES string of the molecule is CC(C)CN(C(=O)COc1cccc(C#N)c1)[C@@H]1CCS(=O)(=O)C1. The van der Waals surface area contributed by atoms with Crippen molar-refractivity contribution in [2.45, 2.75) is 26.3 Å². The average Bonchev–Trinajstić information content (AvgIpc) is 2.90. The van der Waals surface area contributed by atoms with Crippen LogP contribution in [0.2, 0.25) is 0 Å². The number of amides is 1. The van der Waals surface area contributed by atoms with E-state index >= 15 is 0 Å². The summed E-state index contributed by atoms with van der Waals surface area (Å²) in [5.74, 6) is 0.610. The molecule has 0 unspecified atom stereocenters. The number of nitrogens with zero attached hydrogens (tertiary/aromatic N) is 2. The molecule has 1 aliphatic heterocycles. The minimum Gasteiger partial charge on any atom is -0.484 e. The average molecular weight is 350 g/mol. The van der Waals surface area contributed by atoms with Gasteiger partial charge in [-0.15, -0.1) is 0 Å². The first-order valence-corrected chi connectivity index (χ1v) is 9.75. The van der Waals surface area contributed by atoms with Crippen LogP contribution in [0.1, 0.15) is 25.8 Å². The summed E-state index contributed by atoms with van der Waals surface area (Å²) < 4.78 is 28.9. The Labute approximate surface area is 142 Å². The molecule has 0 saturated carbocycles. The van der Waals surface area contributed by atoms with E-state index in [1.54, 1.807) is 29.2 Å². The predicted octanol–water partition coefficient (Wildman–Crippen LogP) is 1.61. The van der Waals surface area contributed by atoms with Crippen LogP contribution in [0.3, 0.4) is 0 Å². The maximum absolute atomic E-state index is 12.5. The molecular weight excluding hydrogens is 328 g/mol. The maximum atomic E-state index is 12.5. The van der Waals surface area contributed by atoms with Crippen molar-refractivity contribution >= 4 is 15.7 Å². The number of sulfone groups is 1. The highest BCUT2D eigenvalue weighted by Crippen LogP contribution is 2.20. The van der Waals surface area contributed by atoms with Crippen LogP contribution in [0.4, 0.5) is 0 Å². The molecule has 0 spiro atoms. The quantitative estimate of drug-likeness (QED) is 0.778. The van der Waals surface area contributed by atoms with Gasteiger partial charge in [0.25, 0.3) is 5.91 Å². The molecule has 1 amide bonds. The zero-order valence-electron chi connectivity index (χ0n) is 13.9. The molecule has 1 aromatic rings. The van der Waals surface area contributed by atoms with Crippen LogP contribution in [-0.2, 0) is 14.6 Å². The van der Waals surface area contributed by atoms with E-state index in [0.717, 1.165) is 0 Å². The van der Waals surface area contributed by atoms with Crippen molar-refractivity contribution in [1.29, 1.82) is 5.26 Å². The van der Waals surface area contributed by atoms with Crippen molar-refractivity contribution in [2.24, 2.45) is 5.92 Å². The predicted molar refractivity (Wildman–Crippen MR) is 90.3 cm³/mol. The van der Waals surface area contributed by atoms with Crippen LogP contribution in [-0.4, -0.2) is 49.9 Å². The van der Waals surface area contributed by atoms with Gasteiger partial charge in [0.1, 0.15) is 5.75 Å². The third kappa shape index (κ3) is 4.96. The number of hydrogen-bond donors (Lipinski definition) is 0. The van der Waals surface area contributed by atoms with Crippen molar-refractivity contribution in [3.05, 3.63) is 29.8 Å². The number of nitriles is 1. The minimum atomic E-state index is -3.06. The number of carbonyl (C=O) groups is 1. The van der Waals surface area contributed by atoms with E-state index in [2.05, 4.69) is 0 Å². The first kappa shape index (κ1) is 18.3. The van der Waals surface area contributed by atoms with Crippen LogP contribution in [0, 0.1) is 17.2 Å². The highest BCUT2D eigenvalue weighted by atomic mass is 32.2.